The maximum absolute atomic E-state index is 12.4. The van der Waals surface area contributed by atoms with E-state index in [1.165, 1.54) is 6.07 Å². The second kappa shape index (κ2) is 6.13. The Morgan fingerprint density at radius 1 is 1.55 bits per heavy atom. The number of thioether (sulfide) groups is 1. The van der Waals surface area contributed by atoms with Crippen LogP contribution in [0.5, 0.6) is 0 Å². The number of nitrogens with zero attached hydrogens (tertiary/aromatic N) is 2. The number of hydrogen-bond donors (Lipinski definition) is 1. The van der Waals surface area contributed by atoms with E-state index in [9.17, 15) is 14.9 Å². The van der Waals surface area contributed by atoms with Gasteiger partial charge in [0.05, 0.1) is 4.92 Å². The Kier molecular flexibility index (Phi) is 4.49. The summed E-state index contributed by atoms with van der Waals surface area (Å²) in [6.45, 7) is 3.46. The van der Waals surface area contributed by atoms with E-state index in [0.29, 0.717) is 29.6 Å². The minimum absolute atomic E-state index is 0.0715. The largest absolute Gasteiger partial charge is 0.383 e. The normalized spacial score (nSPS) is 18.7. The first-order valence-electron chi connectivity index (χ1n) is 6.40. The molecule has 1 N–H and O–H groups in total. The van der Waals surface area contributed by atoms with Crippen LogP contribution in [0.15, 0.2) is 18.2 Å². The summed E-state index contributed by atoms with van der Waals surface area (Å²) in [5.41, 5.74) is 0.710. The van der Waals surface area contributed by atoms with E-state index in [0.717, 1.165) is 5.75 Å². The molecule has 1 aromatic carbocycles. The Morgan fingerprint density at radius 2 is 2.30 bits per heavy atom. The lowest BCUT2D eigenvalue weighted by atomic mass is 10.1. The van der Waals surface area contributed by atoms with Crippen molar-refractivity contribution in [3.63, 3.8) is 0 Å². The van der Waals surface area contributed by atoms with E-state index in [1.807, 2.05) is 11.8 Å². The van der Waals surface area contributed by atoms with Crippen molar-refractivity contribution in [1.29, 1.82) is 0 Å². The number of nitrogens with one attached hydrogen (secondary N) is 1. The van der Waals surface area contributed by atoms with Crippen LogP contribution in [0, 0.1) is 10.1 Å². The van der Waals surface area contributed by atoms with Crippen molar-refractivity contribution in [2.45, 2.75) is 12.2 Å². The lowest BCUT2D eigenvalue weighted by Crippen LogP contribution is -2.41. The molecular formula is C13H17N3O3S. The maximum atomic E-state index is 12.4. The number of amides is 1. The Labute approximate surface area is 121 Å². The molecule has 1 saturated heterocycles. The third-order valence-corrected chi connectivity index (χ3v) is 4.38. The lowest BCUT2D eigenvalue weighted by Gasteiger charge is -2.30. The second-order valence-corrected chi connectivity index (χ2v) is 6.22. The summed E-state index contributed by atoms with van der Waals surface area (Å²) in [5.74, 6) is 0.770. The third-order valence-electron chi connectivity index (χ3n) is 3.24. The van der Waals surface area contributed by atoms with E-state index < -0.39 is 4.92 Å². The lowest BCUT2D eigenvalue weighted by molar-refractivity contribution is -0.384. The van der Waals surface area contributed by atoms with Crippen LogP contribution in [0.2, 0.25) is 0 Å². The first-order chi connectivity index (χ1) is 9.52. The topological polar surface area (TPSA) is 75.5 Å². The van der Waals surface area contributed by atoms with Crippen molar-refractivity contribution < 1.29 is 9.72 Å². The molecule has 0 saturated carbocycles. The first kappa shape index (κ1) is 14.6. The number of carbonyl (C=O) groups is 1. The smallest absolute Gasteiger partial charge is 0.293 e. The van der Waals surface area contributed by atoms with Gasteiger partial charge in [0.15, 0.2) is 0 Å². The van der Waals surface area contributed by atoms with Gasteiger partial charge >= 0.3 is 0 Å². The van der Waals surface area contributed by atoms with Crippen LogP contribution in [0.3, 0.4) is 0 Å². The molecule has 2 rings (SSSR count). The van der Waals surface area contributed by atoms with Crippen molar-refractivity contribution in [3.05, 3.63) is 33.9 Å². The van der Waals surface area contributed by atoms with Gasteiger partial charge in [0.1, 0.15) is 5.69 Å². The molecule has 0 aliphatic carbocycles. The number of benzene rings is 1. The molecule has 1 aliphatic rings. The summed E-state index contributed by atoms with van der Waals surface area (Å²) in [4.78, 5) is 24.7. The Hall–Kier alpha value is -1.76. The molecule has 1 fully saturated rings. The van der Waals surface area contributed by atoms with Gasteiger partial charge in [-0.15, -0.1) is 0 Å². The van der Waals surface area contributed by atoms with Gasteiger partial charge in [0.2, 0.25) is 0 Å². The molecule has 1 aromatic rings. The van der Waals surface area contributed by atoms with Crippen molar-refractivity contribution in [2.24, 2.45) is 0 Å². The zero-order chi connectivity index (χ0) is 14.7. The van der Waals surface area contributed by atoms with Gasteiger partial charge in [-0.25, -0.2) is 0 Å². The van der Waals surface area contributed by atoms with Crippen LogP contribution in [-0.2, 0) is 0 Å². The molecule has 1 aliphatic heterocycles. The minimum Gasteiger partial charge on any atom is -0.383 e. The zero-order valence-electron chi connectivity index (χ0n) is 11.5. The van der Waals surface area contributed by atoms with Gasteiger partial charge in [0, 0.05) is 42.8 Å². The Balaban J connectivity index is 2.26. The van der Waals surface area contributed by atoms with E-state index in [2.05, 4.69) is 12.2 Å². The number of hydrogen-bond acceptors (Lipinski definition) is 5. The highest BCUT2D eigenvalue weighted by Gasteiger charge is 2.24. The number of carbonyl (C=O) groups excluding carboxylic acids is 1. The van der Waals surface area contributed by atoms with Crippen LogP contribution in [0.4, 0.5) is 11.4 Å². The van der Waals surface area contributed by atoms with Crippen LogP contribution in [0.25, 0.3) is 0 Å². The fraction of sp³-hybridized carbons (Fsp3) is 0.462. The van der Waals surface area contributed by atoms with Crippen LogP contribution >= 0.6 is 11.8 Å². The summed E-state index contributed by atoms with van der Waals surface area (Å²) < 4.78 is 0. The van der Waals surface area contributed by atoms with Crippen molar-refractivity contribution in [2.75, 3.05) is 31.2 Å². The maximum Gasteiger partial charge on any atom is 0.293 e. The zero-order valence-corrected chi connectivity index (χ0v) is 12.3. The van der Waals surface area contributed by atoms with Crippen molar-refractivity contribution >= 4 is 29.0 Å². The molecule has 1 amide bonds. The fourth-order valence-electron chi connectivity index (χ4n) is 2.21. The summed E-state index contributed by atoms with van der Waals surface area (Å²) in [5, 5.41) is 14.2. The quantitative estimate of drug-likeness (QED) is 0.683. The van der Waals surface area contributed by atoms with Gasteiger partial charge in [-0.1, -0.05) is 6.92 Å². The average molecular weight is 295 g/mol. The Bertz CT molecular complexity index is 536. The molecule has 20 heavy (non-hydrogen) atoms. The van der Waals surface area contributed by atoms with E-state index in [-0.39, 0.29) is 11.6 Å². The molecule has 0 radical (unpaired) electrons. The van der Waals surface area contributed by atoms with E-state index in [4.69, 9.17) is 0 Å². The highest BCUT2D eigenvalue weighted by Crippen LogP contribution is 2.26. The fourth-order valence-corrected chi connectivity index (χ4v) is 3.23. The van der Waals surface area contributed by atoms with E-state index in [1.54, 1.807) is 24.1 Å². The molecule has 108 valence electrons. The molecule has 0 spiro atoms. The first-order valence-corrected chi connectivity index (χ1v) is 7.45. The molecule has 6 nitrogen and oxygen atoms in total. The molecular weight excluding hydrogens is 278 g/mol. The van der Waals surface area contributed by atoms with Crippen LogP contribution < -0.4 is 5.32 Å². The predicted octanol–water partition coefficient (Wildman–Crippen LogP) is 2.21. The summed E-state index contributed by atoms with van der Waals surface area (Å²) in [6.07, 6.45) is 0. The standard InChI is InChI=1S/C13H17N3O3S/c1-9-8-15(5-6-20-9)13(17)10-3-4-11(14-2)12(7-10)16(18)19/h3-4,7,9,14H,5-6,8H2,1-2H3. The number of nitro benzene ring substituents is 1. The highest BCUT2D eigenvalue weighted by molar-refractivity contribution is 7.99. The third kappa shape index (κ3) is 3.04. The van der Waals surface area contributed by atoms with Crippen LogP contribution in [0.1, 0.15) is 17.3 Å². The number of nitro groups is 1. The number of rotatable bonds is 3. The van der Waals surface area contributed by atoms with Crippen molar-refractivity contribution in [3.8, 4) is 0 Å². The molecule has 1 atom stereocenters. The molecule has 7 heteroatoms. The molecule has 0 aromatic heterocycles. The van der Waals surface area contributed by atoms with Gasteiger partial charge in [0.25, 0.3) is 11.6 Å². The molecule has 0 bridgehead atoms. The van der Waals surface area contributed by atoms with Gasteiger partial charge in [-0.2, -0.15) is 11.8 Å². The van der Waals surface area contributed by atoms with E-state index >= 15 is 0 Å². The summed E-state index contributed by atoms with van der Waals surface area (Å²) >= 11 is 1.84. The average Bonchev–Trinajstić information content (AvgIpc) is 2.45. The SMILES string of the molecule is CNc1ccc(C(=O)N2CCSC(C)C2)cc1[N+](=O)[O-]. The van der Waals surface area contributed by atoms with Gasteiger partial charge < -0.3 is 10.2 Å². The van der Waals surface area contributed by atoms with Gasteiger partial charge in [-0.3, -0.25) is 14.9 Å². The highest BCUT2D eigenvalue weighted by atomic mass is 32.2. The summed E-state index contributed by atoms with van der Waals surface area (Å²) in [7, 11) is 1.62. The monoisotopic (exact) mass is 295 g/mol. The van der Waals surface area contributed by atoms with Crippen LogP contribution in [-0.4, -0.2) is 46.9 Å². The van der Waals surface area contributed by atoms with Crippen molar-refractivity contribution in [1.82, 2.24) is 4.90 Å². The number of anilines is 1. The Morgan fingerprint density at radius 3 is 2.90 bits per heavy atom. The molecule has 1 heterocycles. The minimum atomic E-state index is -0.475. The molecule has 1 unspecified atom stereocenters. The van der Waals surface area contributed by atoms with Gasteiger partial charge in [-0.05, 0) is 12.1 Å². The second-order valence-electron chi connectivity index (χ2n) is 4.67. The predicted molar refractivity (Wildman–Crippen MR) is 80.5 cm³/mol. The summed E-state index contributed by atoms with van der Waals surface area (Å²) in [6, 6.07) is 4.56.